The number of rotatable bonds is 13. The Hall–Kier alpha value is -0.570. The van der Waals surface area contributed by atoms with Gasteiger partial charge < -0.3 is 11.1 Å². The molecule has 0 saturated heterocycles. The third-order valence-electron chi connectivity index (χ3n) is 3.63. The van der Waals surface area contributed by atoms with Crippen molar-refractivity contribution in [2.45, 2.75) is 78.1 Å². The number of nitrogens with two attached hydrogens (primary N) is 1. The molecule has 0 unspecified atom stereocenters. The van der Waals surface area contributed by atoms with Crippen LogP contribution in [-0.4, -0.2) is 19.0 Å². The predicted octanol–water partition coefficient (Wildman–Crippen LogP) is 3.62. The highest BCUT2D eigenvalue weighted by Crippen LogP contribution is 2.18. The first kappa shape index (κ1) is 18.4. The summed E-state index contributed by atoms with van der Waals surface area (Å²) in [6.07, 6.45) is 12.0. The van der Waals surface area contributed by atoms with Crippen molar-refractivity contribution in [2.24, 2.45) is 11.7 Å². The van der Waals surface area contributed by atoms with Crippen molar-refractivity contribution in [1.82, 2.24) is 5.32 Å². The molecule has 1 amide bonds. The van der Waals surface area contributed by atoms with E-state index >= 15 is 0 Å². The molecule has 0 heterocycles. The van der Waals surface area contributed by atoms with Crippen molar-refractivity contribution in [2.75, 3.05) is 13.1 Å². The van der Waals surface area contributed by atoms with E-state index in [1.165, 1.54) is 51.4 Å². The van der Waals surface area contributed by atoms with E-state index in [-0.39, 0.29) is 11.8 Å². The van der Waals surface area contributed by atoms with E-state index in [1.54, 1.807) is 0 Å². The minimum Gasteiger partial charge on any atom is -0.355 e. The molecule has 0 saturated carbocycles. The minimum absolute atomic E-state index is 0.209. The number of unbranched alkanes of at least 4 members (excludes halogenated alkanes) is 6. The van der Waals surface area contributed by atoms with Crippen LogP contribution >= 0.6 is 0 Å². The first-order valence-corrected chi connectivity index (χ1v) is 8.24. The van der Waals surface area contributed by atoms with Gasteiger partial charge in [0.25, 0.3) is 0 Å². The zero-order chi connectivity index (χ0) is 14.3. The van der Waals surface area contributed by atoms with Gasteiger partial charge in [0.2, 0.25) is 5.91 Å². The number of hydrogen-bond donors (Lipinski definition) is 2. The number of amides is 1. The Balaban J connectivity index is 3.94. The smallest absolute Gasteiger partial charge is 0.223 e. The van der Waals surface area contributed by atoms with E-state index in [0.717, 1.165) is 12.8 Å². The van der Waals surface area contributed by atoms with Gasteiger partial charge in [0, 0.05) is 19.0 Å². The third-order valence-corrected chi connectivity index (χ3v) is 3.63. The molecule has 0 aromatic rings. The lowest BCUT2D eigenvalue weighted by Gasteiger charge is -2.16. The molecular formula is C16H34N2O. The Bertz CT molecular complexity index is 195. The summed E-state index contributed by atoms with van der Waals surface area (Å²) in [5, 5.41) is 2.95. The average molecular weight is 270 g/mol. The second-order valence-corrected chi connectivity index (χ2v) is 5.48. The van der Waals surface area contributed by atoms with Crippen molar-refractivity contribution < 1.29 is 4.79 Å². The number of carbonyl (C=O) groups is 1. The van der Waals surface area contributed by atoms with Gasteiger partial charge in [-0.3, -0.25) is 4.79 Å². The van der Waals surface area contributed by atoms with Crippen LogP contribution in [0.5, 0.6) is 0 Å². The summed E-state index contributed by atoms with van der Waals surface area (Å²) in [7, 11) is 0. The van der Waals surface area contributed by atoms with Gasteiger partial charge in [0.05, 0.1) is 0 Å². The molecule has 0 bridgehead atoms. The largest absolute Gasteiger partial charge is 0.355 e. The molecule has 0 fully saturated rings. The van der Waals surface area contributed by atoms with Crippen LogP contribution in [0.15, 0.2) is 0 Å². The molecule has 0 spiro atoms. The number of carbonyl (C=O) groups excluding carboxylic acids is 1. The van der Waals surface area contributed by atoms with Gasteiger partial charge in [-0.05, 0) is 12.8 Å². The highest BCUT2D eigenvalue weighted by Gasteiger charge is 2.16. The van der Waals surface area contributed by atoms with Crippen LogP contribution in [0.25, 0.3) is 0 Å². The molecule has 0 aromatic carbocycles. The Kier molecular flexibility index (Phi) is 13.4. The van der Waals surface area contributed by atoms with Gasteiger partial charge in [0.1, 0.15) is 0 Å². The van der Waals surface area contributed by atoms with E-state index in [1.807, 2.05) is 0 Å². The Morgan fingerprint density at radius 1 is 0.947 bits per heavy atom. The molecule has 3 N–H and O–H groups in total. The molecular weight excluding hydrogens is 236 g/mol. The van der Waals surface area contributed by atoms with Crippen molar-refractivity contribution in [1.29, 1.82) is 0 Å². The summed E-state index contributed by atoms with van der Waals surface area (Å²) in [4.78, 5) is 12.1. The summed E-state index contributed by atoms with van der Waals surface area (Å²) in [6, 6.07) is 0. The minimum atomic E-state index is 0.209. The molecule has 3 nitrogen and oxygen atoms in total. The molecule has 19 heavy (non-hydrogen) atoms. The second kappa shape index (κ2) is 13.9. The molecule has 0 radical (unpaired) electrons. The fourth-order valence-corrected chi connectivity index (χ4v) is 2.38. The molecule has 0 atom stereocenters. The van der Waals surface area contributed by atoms with E-state index < -0.39 is 0 Å². The maximum Gasteiger partial charge on any atom is 0.223 e. The lowest BCUT2D eigenvalue weighted by molar-refractivity contribution is -0.125. The molecule has 0 rings (SSSR count). The first-order chi connectivity index (χ1) is 9.26. The van der Waals surface area contributed by atoms with Crippen LogP contribution in [-0.2, 0) is 4.79 Å². The topological polar surface area (TPSA) is 55.1 Å². The SMILES string of the molecule is CCCCCCC(CCCCCC)C(=O)NCCN. The van der Waals surface area contributed by atoms with E-state index in [9.17, 15) is 4.79 Å². The van der Waals surface area contributed by atoms with E-state index in [0.29, 0.717) is 13.1 Å². The zero-order valence-electron chi connectivity index (χ0n) is 13.0. The summed E-state index contributed by atoms with van der Waals surface area (Å²) in [5.74, 6) is 0.429. The predicted molar refractivity (Wildman–Crippen MR) is 83.1 cm³/mol. The highest BCUT2D eigenvalue weighted by molar-refractivity contribution is 5.78. The molecule has 0 aliphatic rings. The fraction of sp³-hybridized carbons (Fsp3) is 0.938. The molecule has 114 valence electrons. The maximum absolute atomic E-state index is 12.1. The van der Waals surface area contributed by atoms with Gasteiger partial charge >= 0.3 is 0 Å². The van der Waals surface area contributed by atoms with Crippen LogP contribution in [0, 0.1) is 5.92 Å². The van der Waals surface area contributed by atoms with Crippen LogP contribution in [0.2, 0.25) is 0 Å². The standard InChI is InChI=1S/C16H34N2O/c1-3-5-7-9-11-15(12-10-8-6-4-2)16(19)18-14-13-17/h15H,3-14,17H2,1-2H3,(H,18,19). The van der Waals surface area contributed by atoms with Crippen molar-refractivity contribution in [3.05, 3.63) is 0 Å². The van der Waals surface area contributed by atoms with Gasteiger partial charge in [-0.2, -0.15) is 0 Å². The van der Waals surface area contributed by atoms with Crippen LogP contribution in [0.3, 0.4) is 0 Å². The van der Waals surface area contributed by atoms with Gasteiger partial charge in [0.15, 0.2) is 0 Å². The highest BCUT2D eigenvalue weighted by atomic mass is 16.1. The van der Waals surface area contributed by atoms with Gasteiger partial charge in [-0.15, -0.1) is 0 Å². The zero-order valence-corrected chi connectivity index (χ0v) is 13.0. The monoisotopic (exact) mass is 270 g/mol. The van der Waals surface area contributed by atoms with Gasteiger partial charge in [-0.25, -0.2) is 0 Å². The molecule has 0 aliphatic heterocycles. The first-order valence-electron chi connectivity index (χ1n) is 8.24. The van der Waals surface area contributed by atoms with Crippen LogP contribution in [0.4, 0.5) is 0 Å². The molecule has 0 aromatic heterocycles. The van der Waals surface area contributed by atoms with Crippen molar-refractivity contribution in [3.8, 4) is 0 Å². The van der Waals surface area contributed by atoms with Crippen LogP contribution < -0.4 is 11.1 Å². The summed E-state index contributed by atoms with van der Waals surface area (Å²) in [5.41, 5.74) is 5.44. The van der Waals surface area contributed by atoms with Crippen LogP contribution in [0.1, 0.15) is 78.1 Å². The Labute approximate surface area is 119 Å². The normalized spacial score (nSPS) is 10.9. The summed E-state index contributed by atoms with van der Waals surface area (Å²) >= 11 is 0. The summed E-state index contributed by atoms with van der Waals surface area (Å²) in [6.45, 7) is 5.58. The van der Waals surface area contributed by atoms with E-state index in [2.05, 4.69) is 19.2 Å². The lowest BCUT2D eigenvalue weighted by Crippen LogP contribution is -2.34. The van der Waals surface area contributed by atoms with E-state index in [4.69, 9.17) is 5.73 Å². The average Bonchev–Trinajstić information content (AvgIpc) is 2.43. The fourth-order valence-electron chi connectivity index (χ4n) is 2.38. The lowest BCUT2D eigenvalue weighted by atomic mass is 9.93. The van der Waals surface area contributed by atoms with Crippen molar-refractivity contribution in [3.63, 3.8) is 0 Å². The Morgan fingerprint density at radius 2 is 1.47 bits per heavy atom. The second-order valence-electron chi connectivity index (χ2n) is 5.48. The molecule has 0 aliphatic carbocycles. The summed E-state index contributed by atoms with van der Waals surface area (Å²) < 4.78 is 0. The number of nitrogens with one attached hydrogen (secondary N) is 1. The maximum atomic E-state index is 12.1. The van der Waals surface area contributed by atoms with Gasteiger partial charge in [-0.1, -0.05) is 65.2 Å². The van der Waals surface area contributed by atoms with Crippen molar-refractivity contribution >= 4 is 5.91 Å². The molecule has 3 heteroatoms. The third kappa shape index (κ3) is 11.0. The quantitative estimate of drug-likeness (QED) is 0.502. The number of hydrogen-bond acceptors (Lipinski definition) is 2. The Morgan fingerprint density at radius 3 is 1.89 bits per heavy atom.